The first-order valence-corrected chi connectivity index (χ1v) is 8.04. The van der Waals surface area contributed by atoms with Crippen LogP contribution in [0.3, 0.4) is 0 Å². The zero-order valence-electron chi connectivity index (χ0n) is 12.9. The summed E-state index contributed by atoms with van der Waals surface area (Å²) in [7, 11) is 0. The molecule has 22 heavy (non-hydrogen) atoms. The summed E-state index contributed by atoms with van der Waals surface area (Å²) in [5, 5.41) is 5.06. The van der Waals surface area contributed by atoms with Gasteiger partial charge in [0, 0.05) is 23.6 Å². The highest BCUT2D eigenvalue weighted by atomic mass is 35.5. The molecule has 0 N–H and O–H groups in total. The van der Waals surface area contributed by atoms with Gasteiger partial charge in [-0.15, -0.1) is 0 Å². The van der Waals surface area contributed by atoms with E-state index in [9.17, 15) is 4.79 Å². The Morgan fingerprint density at radius 2 is 2.05 bits per heavy atom. The van der Waals surface area contributed by atoms with E-state index in [1.807, 2.05) is 39.9 Å². The van der Waals surface area contributed by atoms with Crippen molar-refractivity contribution in [3.05, 3.63) is 47.1 Å². The first-order valence-electron chi connectivity index (χ1n) is 7.67. The van der Waals surface area contributed by atoms with Crippen LogP contribution in [0.1, 0.15) is 38.3 Å². The smallest absolute Gasteiger partial charge is 0.228 e. The van der Waals surface area contributed by atoms with E-state index in [0.29, 0.717) is 18.9 Å². The number of fused-ring (bicyclic) bond motifs is 1. The molecule has 116 valence electrons. The van der Waals surface area contributed by atoms with Gasteiger partial charge in [0.2, 0.25) is 5.91 Å². The molecule has 0 fully saturated rings. The molecule has 1 aliphatic rings. The lowest BCUT2D eigenvalue weighted by atomic mass is 10.0. The molecule has 1 aromatic heterocycles. The van der Waals surface area contributed by atoms with E-state index in [1.165, 1.54) is 0 Å². The molecule has 1 amide bonds. The number of aromatic nitrogens is 2. The molecule has 5 heteroatoms. The number of hydrogen-bond acceptors (Lipinski definition) is 2. The normalized spacial score (nSPS) is 20.8. The van der Waals surface area contributed by atoms with Gasteiger partial charge in [-0.2, -0.15) is 5.10 Å². The molecule has 2 heterocycles. The number of hydrogen-bond donors (Lipinski definition) is 0. The van der Waals surface area contributed by atoms with Crippen molar-refractivity contribution in [2.75, 3.05) is 4.90 Å². The van der Waals surface area contributed by atoms with Crippen molar-refractivity contribution in [2.24, 2.45) is 0 Å². The maximum atomic E-state index is 12.7. The minimum absolute atomic E-state index is 0.126. The van der Waals surface area contributed by atoms with Gasteiger partial charge in [-0.1, -0.05) is 29.8 Å². The number of amides is 1. The van der Waals surface area contributed by atoms with Crippen molar-refractivity contribution in [1.82, 2.24) is 9.78 Å². The van der Waals surface area contributed by atoms with Crippen molar-refractivity contribution in [3.63, 3.8) is 0 Å². The predicted molar refractivity (Wildman–Crippen MR) is 88.3 cm³/mol. The summed E-state index contributed by atoms with van der Waals surface area (Å²) in [6.07, 6.45) is 3.80. The van der Waals surface area contributed by atoms with Crippen molar-refractivity contribution in [2.45, 2.75) is 45.2 Å². The number of nitrogens with zero attached hydrogens (tertiary/aromatic N) is 3. The van der Waals surface area contributed by atoms with Crippen LogP contribution in [0.4, 0.5) is 5.82 Å². The van der Waals surface area contributed by atoms with E-state index in [0.717, 1.165) is 22.8 Å². The molecule has 0 saturated carbocycles. The lowest BCUT2D eigenvalue weighted by Crippen LogP contribution is -2.45. The van der Waals surface area contributed by atoms with Gasteiger partial charge in [0.25, 0.3) is 0 Å². The Morgan fingerprint density at radius 3 is 2.82 bits per heavy atom. The van der Waals surface area contributed by atoms with Crippen LogP contribution in [-0.4, -0.2) is 21.7 Å². The summed E-state index contributed by atoms with van der Waals surface area (Å²) < 4.78 is 1.94. The van der Waals surface area contributed by atoms with Gasteiger partial charge < -0.3 is 0 Å². The average molecular weight is 318 g/mol. The van der Waals surface area contributed by atoms with Crippen LogP contribution >= 0.6 is 11.6 Å². The lowest BCUT2D eigenvalue weighted by Gasteiger charge is -2.37. The van der Waals surface area contributed by atoms with Crippen molar-refractivity contribution >= 4 is 23.3 Å². The van der Waals surface area contributed by atoms with E-state index in [1.54, 1.807) is 6.20 Å². The highest BCUT2D eigenvalue weighted by Crippen LogP contribution is 2.32. The Hall–Kier alpha value is -1.81. The number of benzene rings is 1. The topological polar surface area (TPSA) is 38.1 Å². The fraction of sp³-hybridized carbons (Fsp3) is 0.412. The van der Waals surface area contributed by atoms with Crippen LogP contribution in [-0.2, 0) is 11.2 Å². The minimum atomic E-state index is 0.126. The standard InChI is InChI=1S/C17H20ClN3O/c1-12-11-13(2)21-16(9-10-19-21)20(12)17(22)8-7-14-5-3-4-6-15(14)18/h3-6,9-10,12-13H,7-8,11H2,1-2H3/t12-,13+/m1/s1. The number of carbonyl (C=O) groups is 1. The molecule has 2 atom stereocenters. The van der Waals surface area contributed by atoms with Crippen LogP contribution in [0.25, 0.3) is 0 Å². The average Bonchev–Trinajstić information content (AvgIpc) is 2.96. The molecule has 1 aliphatic heterocycles. The van der Waals surface area contributed by atoms with Crippen LogP contribution in [0.5, 0.6) is 0 Å². The van der Waals surface area contributed by atoms with E-state index in [4.69, 9.17) is 11.6 Å². The summed E-state index contributed by atoms with van der Waals surface area (Å²) in [6, 6.07) is 10.1. The predicted octanol–water partition coefficient (Wildman–Crippen LogP) is 3.86. The van der Waals surface area contributed by atoms with Gasteiger partial charge in [-0.05, 0) is 38.3 Å². The van der Waals surface area contributed by atoms with Crippen LogP contribution in [0.2, 0.25) is 5.02 Å². The Kier molecular flexibility index (Phi) is 4.21. The van der Waals surface area contributed by atoms with Crippen molar-refractivity contribution < 1.29 is 4.79 Å². The minimum Gasteiger partial charge on any atom is -0.294 e. The van der Waals surface area contributed by atoms with Gasteiger partial charge in [0.1, 0.15) is 5.82 Å². The Bertz CT molecular complexity index is 682. The Balaban J connectivity index is 1.75. The molecule has 0 radical (unpaired) electrons. The van der Waals surface area contributed by atoms with Gasteiger partial charge >= 0.3 is 0 Å². The highest BCUT2D eigenvalue weighted by Gasteiger charge is 2.31. The van der Waals surface area contributed by atoms with Crippen LogP contribution in [0, 0.1) is 0 Å². The van der Waals surface area contributed by atoms with Gasteiger partial charge in [0.05, 0.1) is 12.2 Å². The zero-order valence-corrected chi connectivity index (χ0v) is 13.6. The molecule has 0 bridgehead atoms. The third kappa shape index (κ3) is 2.75. The van der Waals surface area contributed by atoms with Crippen molar-refractivity contribution in [1.29, 1.82) is 0 Å². The number of aryl methyl sites for hydroxylation is 1. The van der Waals surface area contributed by atoms with Gasteiger partial charge in [-0.3, -0.25) is 9.69 Å². The van der Waals surface area contributed by atoms with E-state index in [-0.39, 0.29) is 11.9 Å². The van der Waals surface area contributed by atoms with E-state index >= 15 is 0 Å². The summed E-state index contributed by atoms with van der Waals surface area (Å²) in [4.78, 5) is 14.6. The van der Waals surface area contributed by atoms with Gasteiger partial charge in [0.15, 0.2) is 0 Å². The third-order valence-electron chi connectivity index (χ3n) is 4.27. The summed E-state index contributed by atoms with van der Waals surface area (Å²) in [5.41, 5.74) is 1.02. The largest absolute Gasteiger partial charge is 0.294 e. The number of halogens is 1. The Morgan fingerprint density at radius 1 is 1.27 bits per heavy atom. The molecular formula is C17H20ClN3O. The fourth-order valence-electron chi connectivity index (χ4n) is 3.20. The third-order valence-corrected chi connectivity index (χ3v) is 4.64. The first kappa shape index (κ1) is 15.1. The second-order valence-electron chi connectivity index (χ2n) is 5.92. The van der Waals surface area contributed by atoms with Crippen LogP contribution < -0.4 is 4.90 Å². The first-order chi connectivity index (χ1) is 10.6. The second kappa shape index (κ2) is 6.13. The summed E-state index contributed by atoms with van der Waals surface area (Å²) >= 11 is 6.17. The Labute approximate surface area is 135 Å². The monoisotopic (exact) mass is 317 g/mol. The second-order valence-corrected chi connectivity index (χ2v) is 6.33. The molecule has 0 unspecified atom stereocenters. The lowest BCUT2D eigenvalue weighted by molar-refractivity contribution is -0.119. The molecule has 3 rings (SSSR count). The maximum Gasteiger partial charge on any atom is 0.228 e. The molecule has 0 spiro atoms. The summed E-state index contributed by atoms with van der Waals surface area (Å²) in [6.45, 7) is 4.24. The highest BCUT2D eigenvalue weighted by molar-refractivity contribution is 6.31. The quantitative estimate of drug-likeness (QED) is 0.862. The van der Waals surface area contributed by atoms with E-state index < -0.39 is 0 Å². The number of carbonyl (C=O) groups excluding carboxylic acids is 1. The summed E-state index contributed by atoms with van der Waals surface area (Å²) in [5.74, 6) is 1.02. The molecule has 0 aliphatic carbocycles. The zero-order chi connectivity index (χ0) is 15.7. The van der Waals surface area contributed by atoms with Crippen LogP contribution in [0.15, 0.2) is 36.5 Å². The fourth-order valence-corrected chi connectivity index (χ4v) is 3.43. The maximum absolute atomic E-state index is 12.7. The van der Waals surface area contributed by atoms with E-state index in [2.05, 4.69) is 18.9 Å². The number of rotatable bonds is 3. The molecule has 0 saturated heterocycles. The number of anilines is 1. The molecule has 2 aromatic rings. The molecular weight excluding hydrogens is 298 g/mol. The van der Waals surface area contributed by atoms with Gasteiger partial charge in [-0.25, -0.2) is 4.68 Å². The SMILES string of the molecule is C[C@@H]1C[C@H](C)n2nccc2N1C(=O)CCc1ccccc1Cl. The molecule has 1 aromatic carbocycles. The van der Waals surface area contributed by atoms with Crippen molar-refractivity contribution in [3.8, 4) is 0 Å². The molecule has 4 nitrogen and oxygen atoms in total.